The van der Waals surface area contributed by atoms with Gasteiger partial charge in [0, 0.05) is 18.6 Å². The molecule has 0 atom stereocenters. The van der Waals surface area contributed by atoms with Gasteiger partial charge in [0.2, 0.25) is 0 Å². The Balaban J connectivity index is 1.82. The van der Waals surface area contributed by atoms with E-state index in [1.807, 2.05) is 37.3 Å². The van der Waals surface area contributed by atoms with Crippen LogP contribution in [0.1, 0.15) is 31.8 Å². The molecule has 4 rings (SSSR count). The maximum Gasteiger partial charge on any atom is 0.339 e. The highest BCUT2D eigenvalue weighted by molar-refractivity contribution is 6.10. The molecule has 2 aromatic heterocycles. The number of anilines is 1. The number of carbonyl (C=O) groups is 2. The SMILES string of the molecule is COC(=O)c1ccccc1N(C)C(=O)c1cc2cccnc2n(Cc2ccc(C)cc2)c1=O. The molecule has 0 bridgehead atoms. The molecule has 2 heterocycles. The van der Waals surface area contributed by atoms with Crippen LogP contribution in [0, 0.1) is 6.92 Å². The maximum absolute atomic E-state index is 13.5. The van der Waals surface area contributed by atoms with E-state index >= 15 is 0 Å². The standard InChI is InChI=1S/C26H23N3O4/c1-17-10-12-18(13-11-17)16-29-23-19(7-6-14-27-23)15-21(25(29)31)24(30)28(2)22-9-5-4-8-20(22)26(32)33-3/h4-15H,16H2,1-3H3. The van der Waals surface area contributed by atoms with Gasteiger partial charge in [0.25, 0.3) is 11.5 Å². The number of aryl methyl sites for hydroxylation is 1. The number of esters is 1. The highest BCUT2D eigenvalue weighted by Gasteiger charge is 2.24. The van der Waals surface area contributed by atoms with Crippen LogP contribution in [0.4, 0.5) is 5.69 Å². The first-order valence-electron chi connectivity index (χ1n) is 10.4. The first-order chi connectivity index (χ1) is 15.9. The summed E-state index contributed by atoms with van der Waals surface area (Å²) in [5, 5.41) is 0.669. The van der Waals surface area contributed by atoms with Crippen LogP contribution in [0.25, 0.3) is 11.0 Å². The predicted molar refractivity (Wildman–Crippen MR) is 127 cm³/mol. The van der Waals surface area contributed by atoms with Crippen molar-refractivity contribution < 1.29 is 14.3 Å². The Kier molecular flexibility index (Phi) is 6.04. The van der Waals surface area contributed by atoms with Crippen molar-refractivity contribution in [2.75, 3.05) is 19.1 Å². The minimum atomic E-state index is -0.565. The average molecular weight is 441 g/mol. The number of para-hydroxylation sites is 1. The van der Waals surface area contributed by atoms with E-state index in [0.29, 0.717) is 16.7 Å². The fourth-order valence-electron chi connectivity index (χ4n) is 3.72. The van der Waals surface area contributed by atoms with Crippen molar-refractivity contribution in [2.45, 2.75) is 13.5 Å². The maximum atomic E-state index is 13.5. The Morgan fingerprint density at radius 1 is 1.00 bits per heavy atom. The number of hydrogen-bond acceptors (Lipinski definition) is 5. The molecule has 0 spiro atoms. The Morgan fingerprint density at radius 3 is 2.45 bits per heavy atom. The lowest BCUT2D eigenvalue weighted by molar-refractivity contribution is 0.0601. The van der Waals surface area contributed by atoms with Crippen LogP contribution in [0.5, 0.6) is 0 Å². The number of rotatable bonds is 5. The lowest BCUT2D eigenvalue weighted by atomic mass is 10.1. The topological polar surface area (TPSA) is 81.5 Å². The number of amides is 1. The summed E-state index contributed by atoms with van der Waals surface area (Å²) in [6.07, 6.45) is 1.62. The van der Waals surface area contributed by atoms with Gasteiger partial charge in [-0.3, -0.25) is 14.2 Å². The van der Waals surface area contributed by atoms with Gasteiger partial charge in [0.05, 0.1) is 24.9 Å². The summed E-state index contributed by atoms with van der Waals surface area (Å²) in [6, 6.07) is 19.6. The molecule has 0 N–H and O–H groups in total. The van der Waals surface area contributed by atoms with Gasteiger partial charge in [0.15, 0.2) is 0 Å². The molecule has 0 aliphatic carbocycles. The molecule has 0 saturated carbocycles. The second-order valence-electron chi connectivity index (χ2n) is 7.72. The normalized spacial score (nSPS) is 10.8. The highest BCUT2D eigenvalue weighted by atomic mass is 16.5. The Labute approximate surface area is 190 Å². The van der Waals surface area contributed by atoms with Crippen molar-refractivity contribution in [1.82, 2.24) is 9.55 Å². The van der Waals surface area contributed by atoms with Crippen LogP contribution in [0.15, 0.2) is 77.7 Å². The van der Waals surface area contributed by atoms with Gasteiger partial charge >= 0.3 is 5.97 Å². The Hall–Kier alpha value is -4.26. The predicted octanol–water partition coefficient (Wildman–Crippen LogP) is 3.82. The molecule has 0 aliphatic rings. The summed E-state index contributed by atoms with van der Waals surface area (Å²) < 4.78 is 6.34. The van der Waals surface area contributed by atoms with Gasteiger partial charge in [-0.1, -0.05) is 42.0 Å². The van der Waals surface area contributed by atoms with Gasteiger partial charge in [-0.15, -0.1) is 0 Å². The van der Waals surface area contributed by atoms with Crippen LogP contribution >= 0.6 is 0 Å². The fraction of sp³-hybridized carbons (Fsp3) is 0.154. The number of pyridine rings is 2. The summed E-state index contributed by atoms with van der Waals surface area (Å²) in [5.74, 6) is -1.09. The number of aromatic nitrogens is 2. The van der Waals surface area contributed by atoms with Crippen molar-refractivity contribution in [2.24, 2.45) is 0 Å². The molecule has 2 aromatic carbocycles. The third-order valence-electron chi connectivity index (χ3n) is 5.51. The van der Waals surface area contributed by atoms with E-state index in [2.05, 4.69) is 4.98 Å². The van der Waals surface area contributed by atoms with Crippen LogP contribution in [-0.4, -0.2) is 35.6 Å². The largest absolute Gasteiger partial charge is 0.465 e. The first-order valence-corrected chi connectivity index (χ1v) is 10.4. The summed E-state index contributed by atoms with van der Waals surface area (Å²) in [5.41, 5.74) is 2.66. The minimum Gasteiger partial charge on any atom is -0.465 e. The fourth-order valence-corrected chi connectivity index (χ4v) is 3.72. The molecule has 4 aromatic rings. The van der Waals surface area contributed by atoms with E-state index in [0.717, 1.165) is 11.1 Å². The molecule has 0 fully saturated rings. The van der Waals surface area contributed by atoms with E-state index in [9.17, 15) is 14.4 Å². The van der Waals surface area contributed by atoms with E-state index in [-0.39, 0.29) is 17.7 Å². The molecule has 0 aliphatic heterocycles. The zero-order valence-electron chi connectivity index (χ0n) is 18.6. The molecule has 33 heavy (non-hydrogen) atoms. The number of methoxy groups -OCH3 is 1. The van der Waals surface area contributed by atoms with Crippen molar-refractivity contribution in [3.05, 3.63) is 106 Å². The van der Waals surface area contributed by atoms with Crippen LogP contribution in [0.3, 0.4) is 0 Å². The number of nitrogens with zero attached hydrogens (tertiary/aromatic N) is 3. The molecule has 166 valence electrons. The number of fused-ring (bicyclic) bond motifs is 1. The second-order valence-corrected chi connectivity index (χ2v) is 7.72. The van der Waals surface area contributed by atoms with Crippen molar-refractivity contribution in [3.63, 3.8) is 0 Å². The van der Waals surface area contributed by atoms with Crippen molar-refractivity contribution in [1.29, 1.82) is 0 Å². The Morgan fingerprint density at radius 2 is 1.73 bits per heavy atom. The van der Waals surface area contributed by atoms with Gasteiger partial charge < -0.3 is 9.64 Å². The quantitative estimate of drug-likeness (QED) is 0.440. The zero-order valence-corrected chi connectivity index (χ0v) is 18.6. The van der Waals surface area contributed by atoms with Gasteiger partial charge in [-0.05, 0) is 42.8 Å². The third-order valence-corrected chi connectivity index (χ3v) is 5.51. The lowest BCUT2D eigenvalue weighted by Crippen LogP contribution is -2.35. The minimum absolute atomic E-state index is 0.00946. The summed E-state index contributed by atoms with van der Waals surface area (Å²) in [7, 11) is 2.81. The average Bonchev–Trinajstić information content (AvgIpc) is 2.85. The van der Waals surface area contributed by atoms with Gasteiger partial charge in [-0.2, -0.15) is 0 Å². The molecular formula is C26H23N3O4. The van der Waals surface area contributed by atoms with E-state index < -0.39 is 17.4 Å². The van der Waals surface area contributed by atoms with E-state index in [1.54, 1.807) is 42.6 Å². The zero-order chi connectivity index (χ0) is 23.5. The second kappa shape index (κ2) is 9.08. The molecule has 7 nitrogen and oxygen atoms in total. The van der Waals surface area contributed by atoms with Crippen molar-refractivity contribution >= 4 is 28.6 Å². The van der Waals surface area contributed by atoms with E-state index in [1.165, 1.54) is 23.6 Å². The molecule has 7 heteroatoms. The summed E-state index contributed by atoms with van der Waals surface area (Å²) in [4.78, 5) is 44.8. The highest BCUT2D eigenvalue weighted by Crippen LogP contribution is 2.22. The molecular weight excluding hydrogens is 418 g/mol. The number of hydrogen-bond donors (Lipinski definition) is 0. The summed E-state index contributed by atoms with van der Waals surface area (Å²) >= 11 is 0. The van der Waals surface area contributed by atoms with Crippen LogP contribution in [0.2, 0.25) is 0 Å². The molecule has 0 saturated heterocycles. The monoisotopic (exact) mass is 441 g/mol. The lowest BCUT2D eigenvalue weighted by Gasteiger charge is -2.20. The van der Waals surface area contributed by atoms with Crippen LogP contribution < -0.4 is 10.5 Å². The molecule has 0 unspecified atom stereocenters. The smallest absolute Gasteiger partial charge is 0.339 e. The number of benzene rings is 2. The third kappa shape index (κ3) is 4.25. The van der Waals surface area contributed by atoms with Crippen molar-refractivity contribution in [3.8, 4) is 0 Å². The van der Waals surface area contributed by atoms with Crippen LogP contribution in [-0.2, 0) is 11.3 Å². The van der Waals surface area contributed by atoms with E-state index in [4.69, 9.17) is 4.74 Å². The number of carbonyl (C=O) groups excluding carboxylic acids is 2. The van der Waals surface area contributed by atoms with Gasteiger partial charge in [0.1, 0.15) is 11.2 Å². The first kappa shape index (κ1) is 22.0. The van der Waals surface area contributed by atoms with Gasteiger partial charge in [-0.25, -0.2) is 9.78 Å². The molecule has 0 radical (unpaired) electrons. The molecule has 1 amide bonds. The Bertz CT molecular complexity index is 1410. The summed E-state index contributed by atoms with van der Waals surface area (Å²) in [6.45, 7) is 2.27. The number of ether oxygens (including phenoxy) is 1.